The van der Waals surface area contributed by atoms with Gasteiger partial charge >= 0.3 is 0 Å². The Hall–Kier alpha value is -2.02. The molecule has 0 amide bonds. The van der Waals surface area contributed by atoms with Crippen LogP contribution in [0, 0.1) is 17.7 Å². The highest BCUT2D eigenvalue weighted by Crippen LogP contribution is 2.43. The molecule has 1 aromatic carbocycles. The Morgan fingerprint density at radius 2 is 1.87 bits per heavy atom. The first-order valence-electron chi connectivity index (χ1n) is 7.49. The molecular weight excluding hydrogens is 317 g/mol. The molecule has 120 valence electrons. The molecule has 0 saturated heterocycles. The summed E-state index contributed by atoms with van der Waals surface area (Å²) in [5.74, 6) is -0.551. The Kier molecular flexibility index (Phi) is 4.85. The second-order valence-electron chi connectivity index (χ2n) is 5.59. The third kappa shape index (κ3) is 3.50. The number of nitrogens with zero attached hydrogens (tertiary/aromatic N) is 3. The summed E-state index contributed by atoms with van der Waals surface area (Å²) in [6.45, 7) is 0. The van der Waals surface area contributed by atoms with Crippen LogP contribution in [-0.2, 0) is 4.79 Å². The minimum atomic E-state index is -0.320. The van der Waals surface area contributed by atoms with Gasteiger partial charge in [0.15, 0.2) is 11.5 Å². The second-order valence-corrected chi connectivity index (χ2v) is 6.18. The number of aliphatic imine (C=N–C) groups is 1. The molecule has 3 rings (SSSR count). The van der Waals surface area contributed by atoms with Crippen LogP contribution in [0.5, 0.6) is 0 Å². The monoisotopic (exact) mass is 333 g/mol. The zero-order valence-electron chi connectivity index (χ0n) is 12.4. The van der Waals surface area contributed by atoms with Gasteiger partial charge in [-0.15, -0.1) is 9.63 Å². The van der Waals surface area contributed by atoms with E-state index in [1.807, 2.05) is 0 Å². The largest absolute Gasteiger partial charge is 0.510 e. The van der Waals surface area contributed by atoms with Gasteiger partial charge in [0.1, 0.15) is 11.6 Å². The van der Waals surface area contributed by atoms with Gasteiger partial charge in [0.2, 0.25) is 0 Å². The molecule has 23 heavy (non-hydrogen) atoms. The zero-order valence-corrected chi connectivity index (χ0v) is 13.2. The number of benzene rings is 1. The molecule has 0 aliphatic heterocycles. The Morgan fingerprint density at radius 3 is 2.57 bits per heavy atom. The fourth-order valence-electron chi connectivity index (χ4n) is 3.05. The lowest BCUT2D eigenvalue weighted by atomic mass is 9.80. The van der Waals surface area contributed by atoms with Crippen molar-refractivity contribution < 1.29 is 14.3 Å². The molecule has 0 radical (unpaired) electrons. The average Bonchev–Trinajstić information content (AvgIpc) is 2.81. The SMILES string of the molecule is O=C1C(N=NSC=Nc2ccc(F)cc2)=C(O)C2CCCCC12. The lowest BCUT2D eigenvalue weighted by Crippen LogP contribution is -2.21. The average molecular weight is 333 g/mol. The van der Waals surface area contributed by atoms with E-state index in [1.165, 1.54) is 17.7 Å². The van der Waals surface area contributed by atoms with Crippen LogP contribution in [0.3, 0.4) is 0 Å². The van der Waals surface area contributed by atoms with Crippen LogP contribution in [0.1, 0.15) is 25.7 Å². The van der Waals surface area contributed by atoms with Gasteiger partial charge in [0, 0.05) is 23.8 Å². The van der Waals surface area contributed by atoms with E-state index in [2.05, 4.69) is 14.6 Å². The van der Waals surface area contributed by atoms with Crippen molar-refractivity contribution in [2.75, 3.05) is 0 Å². The van der Waals surface area contributed by atoms with Crippen LogP contribution in [0.4, 0.5) is 10.1 Å². The van der Waals surface area contributed by atoms with Gasteiger partial charge in [-0.1, -0.05) is 12.8 Å². The maximum absolute atomic E-state index is 12.8. The summed E-state index contributed by atoms with van der Waals surface area (Å²) in [5, 5.41) is 14.0. The molecule has 1 aromatic rings. The first-order valence-corrected chi connectivity index (χ1v) is 8.33. The van der Waals surface area contributed by atoms with Crippen LogP contribution in [0.15, 0.2) is 50.3 Å². The second kappa shape index (κ2) is 7.04. The van der Waals surface area contributed by atoms with Crippen LogP contribution >= 0.6 is 11.9 Å². The summed E-state index contributed by atoms with van der Waals surface area (Å²) in [7, 11) is 0. The third-order valence-corrected chi connectivity index (χ3v) is 4.57. The fraction of sp³-hybridized carbons (Fsp3) is 0.375. The molecule has 1 N–H and O–H groups in total. The van der Waals surface area contributed by atoms with Gasteiger partial charge in [0.05, 0.1) is 11.2 Å². The number of hydrogen-bond acceptors (Lipinski definition) is 6. The number of aliphatic hydroxyl groups excluding tert-OH is 1. The van der Waals surface area contributed by atoms with Crippen LogP contribution in [0.25, 0.3) is 0 Å². The van der Waals surface area contributed by atoms with Gasteiger partial charge in [-0.25, -0.2) is 9.38 Å². The van der Waals surface area contributed by atoms with E-state index in [0.717, 1.165) is 37.6 Å². The molecule has 2 unspecified atom stereocenters. The Balaban J connectivity index is 1.60. The zero-order chi connectivity index (χ0) is 16.2. The number of allylic oxidation sites excluding steroid dienone is 2. The van der Waals surface area contributed by atoms with Crippen molar-refractivity contribution in [1.29, 1.82) is 0 Å². The van der Waals surface area contributed by atoms with Gasteiger partial charge in [-0.3, -0.25) is 4.79 Å². The van der Waals surface area contributed by atoms with E-state index in [-0.39, 0.29) is 34.9 Å². The standard InChI is InChI=1S/C16H16FN3O2S/c17-10-5-7-11(8-6-10)18-9-23-20-19-14-15(21)12-3-1-2-4-13(12)16(14)22/h5-9,12-13,21H,1-4H2. The van der Waals surface area contributed by atoms with Gasteiger partial charge in [0.25, 0.3) is 0 Å². The molecule has 1 saturated carbocycles. The minimum Gasteiger partial charge on any atom is -0.510 e. The van der Waals surface area contributed by atoms with E-state index < -0.39 is 0 Å². The summed E-state index contributed by atoms with van der Waals surface area (Å²) in [6.07, 6.45) is 3.69. The first-order chi connectivity index (χ1) is 11.2. The topological polar surface area (TPSA) is 74.4 Å². The lowest BCUT2D eigenvalue weighted by Gasteiger charge is -2.23. The molecule has 0 heterocycles. The molecule has 0 aromatic heterocycles. The number of carbonyl (C=O) groups excluding carboxylic acids is 1. The van der Waals surface area contributed by atoms with Crippen molar-refractivity contribution in [2.24, 2.45) is 26.5 Å². The number of Topliss-reactive ketones (excluding diaryl/α,β-unsaturated/α-hetero) is 1. The normalized spacial score (nSPS) is 24.8. The van der Waals surface area contributed by atoms with Crippen LogP contribution in [0.2, 0.25) is 0 Å². The van der Waals surface area contributed by atoms with Crippen molar-refractivity contribution in [1.82, 2.24) is 0 Å². The van der Waals surface area contributed by atoms with E-state index in [0.29, 0.717) is 5.69 Å². The summed E-state index contributed by atoms with van der Waals surface area (Å²) >= 11 is 0.952. The molecule has 1 fully saturated rings. The fourth-order valence-corrected chi connectivity index (χ4v) is 3.39. The predicted octanol–water partition coefficient (Wildman–Crippen LogP) is 4.74. The number of ketones is 1. The summed E-state index contributed by atoms with van der Waals surface area (Å²) in [5.41, 5.74) is 2.13. The Bertz CT molecular complexity index is 685. The molecule has 0 bridgehead atoms. The highest BCUT2D eigenvalue weighted by atomic mass is 32.2. The number of halogens is 1. The van der Waals surface area contributed by atoms with E-state index in [1.54, 1.807) is 12.1 Å². The molecular formula is C16H16FN3O2S. The van der Waals surface area contributed by atoms with E-state index in [9.17, 15) is 14.3 Å². The minimum absolute atomic E-state index is 0.0805. The maximum Gasteiger partial charge on any atom is 0.190 e. The summed E-state index contributed by atoms with van der Waals surface area (Å²) < 4.78 is 16.6. The number of hydrogen-bond donors (Lipinski definition) is 1. The van der Waals surface area contributed by atoms with Gasteiger partial charge in [-0.2, -0.15) is 0 Å². The summed E-state index contributed by atoms with van der Waals surface area (Å²) in [6, 6.07) is 5.73. The van der Waals surface area contributed by atoms with Gasteiger partial charge in [-0.05, 0) is 37.1 Å². The van der Waals surface area contributed by atoms with E-state index >= 15 is 0 Å². The molecule has 5 nitrogen and oxygen atoms in total. The summed E-state index contributed by atoms with van der Waals surface area (Å²) in [4.78, 5) is 16.3. The quantitative estimate of drug-likeness (QED) is 0.374. The van der Waals surface area contributed by atoms with Crippen molar-refractivity contribution in [3.05, 3.63) is 41.5 Å². The number of fused-ring (bicyclic) bond motifs is 1. The molecule has 2 aliphatic rings. The van der Waals surface area contributed by atoms with Crippen LogP contribution in [-0.4, -0.2) is 16.4 Å². The number of rotatable bonds is 4. The van der Waals surface area contributed by atoms with Crippen molar-refractivity contribution in [3.8, 4) is 0 Å². The Morgan fingerprint density at radius 1 is 1.17 bits per heavy atom. The maximum atomic E-state index is 12.8. The van der Waals surface area contributed by atoms with Crippen molar-refractivity contribution in [2.45, 2.75) is 25.7 Å². The van der Waals surface area contributed by atoms with E-state index in [4.69, 9.17) is 0 Å². The molecule has 2 aliphatic carbocycles. The highest BCUT2D eigenvalue weighted by molar-refractivity contribution is 8.10. The number of carbonyl (C=O) groups is 1. The van der Waals surface area contributed by atoms with Crippen LogP contribution < -0.4 is 0 Å². The smallest absolute Gasteiger partial charge is 0.190 e. The van der Waals surface area contributed by atoms with Crippen molar-refractivity contribution >= 4 is 29.0 Å². The Labute approximate surface area is 137 Å². The van der Waals surface area contributed by atoms with Gasteiger partial charge < -0.3 is 5.11 Å². The highest BCUT2D eigenvalue weighted by Gasteiger charge is 2.43. The lowest BCUT2D eigenvalue weighted by molar-refractivity contribution is -0.120. The van der Waals surface area contributed by atoms with Crippen molar-refractivity contribution in [3.63, 3.8) is 0 Å². The number of aliphatic hydroxyl groups is 1. The predicted molar refractivity (Wildman–Crippen MR) is 87.1 cm³/mol. The molecule has 7 heteroatoms. The first kappa shape index (κ1) is 15.9. The molecule has 0 spiro atoms. The molecule has 2 atom stereocenters. The third-order valence-electron chi connectivity index (χ3n) is 4.19.